The lowest BCUT2D eigenvalue weighted by Gasteiger charge is -2.11. The molecule has 2 aromatic carbocycles. The van der Waals surface area contributed by atoms with Crippen molar-refractivity contribution in [3.8, 4) is 11.5 Å². The molecule has 0 atom stereocenters. The first-order valence-corrected chi connectivity index (χ1v) is 8.94. The van der Waals surface area contributed by atoms with E-state index < -0.39 is 11.8 Å². The fourth-order valence-corrected chi connectivity index (χ4v) is 2.89. The highest BCUT2D eigenvalue weighted by Gasteiger charge is 2.17. The predicted octanol–water partition coefficient (Wildman–Crippen LogP) is 2.06. The highest BCUT2D eigenvalue weighted by molar-refractivity contribution is 9.10. The van der Waals surface area contributed by atoms with Gasteiger partial charge >= 0.3 is 0 Å². The van der Waals surface area contributed by atoms with Crippen molar-refractivity contribution in [2.24, 2.45) is 0 Å². The van der Waals surface area contributed by atoms with Gasteiger partial charge in [-0.3, -0.25) is 9.59 Å². The van der Waals surface area contributed by atoms with Crippen LogP contribution >= 0.6 is 15.9 Å². The standard InChI is InChI=1S/C19H17BrN2O5/c20-14-4-2-1-3-13(14)18(24)22-15(19(25)21-7-8-23)9-12-5-6-16-17(10-12)27-11-26-16/h1-6,9-10,23H,7-8,11H2,(H,21,25)(H,22,24)/b15-9-. The number of rotatable bonds is 6. The monoisotopic (exact) mass is 432 g/mol. The minimum absolute atomic E-state index is 0.0445. The Morgan fingerprint density at radius 3 is 2.70 bits per heavy atom. The van der Waals surface area contributed by atoms with Crippen molar-refractivity contribution < 1.29 is 24.2 Å². The molecule has 0 saturated heterocycles. The molecule has 1 heterocycles. The van der Waals surface area contributed by atoms with Gasteiger partial charge in [0.05, 0.1) is 12.2 Å². The van der Waals surface area contributed by atoms with Crippen LogP contribution < -0.4 is 20.1 Å². The van der Waals surface area contributed by atoms with Crippen LogP contribution in [0.5, 0.6) is 11.5 Å². The summed E-state index contributed by atoms with van der Waals surface area (Å²) in [7, 11) is 0. The van der Waals surface area contributed by atoms with Crippen molar-refractivity contribution in [2.45, 2.75) is 0 Å². The minimum atomic E-state index is -0.512. The molecule has 1 aliphatic heterocycles. The Kier molecular flexibility index (Phi) is 6.10. The molecule has 0 aliphatic carbocycles. The number of carbonyl (C=O) groups excluding carboxylic acids is 2. The average Bonchev–Trinajstić information content (AvgIpc) is 3.13. The van der Waals surface area contributed by atoms with Crippen LogP contribution in [-0.4, -0.2) is 36.9 Å². The Bertz CT molecular complexity index is 897. The summed E-state index contributed by atoms with van der Waals surface area (Å²) in [5.41, 5.74) is 1.09. The van der Waals surface area contributed by atoms with Gasteiger partial charge in [0, 0.05) is 11.0 Å². The van der Waals surface area contributed by atoms with Crippen molar-refractivity contribution in [3.63, 3.8) is 0 Å². The highest BCUT2D eigenvalue weighted by Crippen LogP contribution is 2.33. The number of benzene rings is 2. The average molecular weight is 433 g/mol. The van der Waals surface area contributed by atoms with E-state index in [1.807, 2.05) is 0 Å². The molecule has 2 amide bonds. The largest absolute Gasteiger partial charge is 0.454 e. The summed E-state index contributed by atoms with van der Waals surface area (Å²) in [6, 6.07) is 12.1. The van der Waals surface area contributed by atoms with Gasteiger partial charge in [0.15, 0.2) is 11.5 Å². The lowest BCUT2D eigenvalue weighted by atomic mass is 10.1. The zero-order chi connectivity index (χ0) is 19.2. The maximum absolute atomic E-state index is 12.6. The molecule has 2 aromatic rings. The number of hydrogen-bond acceptors (Lipinski definition) is 5. The van der Waals surface area contributed by atoms with Crippen LogP contribution in [0.4, 0.5) is 0 Å². The molecule has 7 nitrogen and oxygen atoms in total. The fraction of sp³-hybridized carbons (Fsp3) is 0.158. The van der Waals surface area contributed by atoms with Gasteiger partial charge in [-0.25, -0.2) is 0 Å². The van der Waals surface area contributed by atoms with Gasteiger partial charge in [-0.15, -0.1) is 0 Å². The molecule has 0 saturated carbocycles. The number of aliphatic hydroxyl groups excluding tert-OH is 1. The van der Waals surface area contributed by atoms with Gasteiger partial charge in [-0.1, -0.05) is 18.2 Å². The van der Waals surface area contributed by atoms with E-state index in [4.69, 9.17) is 14.6 Å². The third kappa shape index (κ3) is 4.66. The molecule has 0 radical (unpaired) electrons. The van der Waals surface area contributed by atoms with Crippen molar-refractivity contribution in [1.82, 2.24) is 10.6 Å². The molecule has 0 aromatic heterocycles. The maximum atomic E-state index is 12.6. The summed E-state index contributed by atoms with van der Waals surface area (Å²) >= 11 is 3.32. The van der Waals surface area contributed by atoms with E-state index in [0.717, 1.165) is 0 Å². The van der Waals surface area contributed by atoms with Crippen LogP contribution in [0, 0.1) is 0 Å². The Balaban J connectivity index is 1.87. The normalized spacial score (nSPS) is 12.6. The van der Waals surface area contributed by atoms with Gasteiger partial charge in [0.2, 0.25) is 6.79 Å². The number of hydrogen-bond donors (Lipinski definition) is 3. The first kappa shape index (κ1) is 18.9. The number of halogens is 1. The number of ether oxygens (including phenoxy) is 2. The van der Waals surface area contributed by atoms with E-state index in [0.29, 0.717) is 27.1 Å². The second-order valence-electron chi connectivity index (χ2n) is 5.58. The predicted molar refractivity (Wildman–Crippen MR) is 102 cm³/mol. The topological polar surface area (TPSA) is 96.9 Å². The molecule has 27 heavy (non-hydrogen) atoms. The zero-order valence-electron chi connectivity index (χ0n) is 14.2. The molecule has 0 spiro atoms. The Morgan fingerprint density at radius 2 is 1.93 bits per heavy atom. The molecular weight excluding hydrogens is 416 g/mol. The van der Waals surface area contributed by atoms with Crippen LogP contribution in [0.3, 0.4) is 0 Å². The van der Waals surface area contributed by atoms with Crippen LogP contribution in [0.1, 0.15) is 15.9 Å². The van der Waals surface area contributed by atoms with Crippen molar-refractivity contribution in [2.75, 3.05) is 19.9 Å². The van der Waals surface area contributed by atoms with E-state index in [1.54, 1.807) is 42.5 Å². The molecule has 140 valence electrons. The lowest BCUT2D eigenvalue weighted by Crippen LogP contribution is -2.36. The fourth-order valence-electron chi connectivity index (χ4n) is 2.43. The summed E-state index contributed by atoms with van der Waals surface area (Å²) in [6.07, 6.45) is 1.53. The van der Waals surface area contributed by atoms with E-state index in [2.05, 4.69) is 26.6 Å². The van der Waals surface area contributed by atoms with Gasteiger partial charge in [-0.05, 0) is 51.8 Å². The second-order valence-corrected chi connectivity index (χ2v) is 6.44. The summed E-state index contributed by atoms with van der Waals surface area (Å²) < 4.78 is 11.2. The van der Waals surface area contributed by atoms with E-state index in [1.165, 1.54) is 6.08 Å². The van der Waals surface area contributed by atoms with Crippen molar-refractivity contribution in [1.29, 1.82) is 0 Å². The van der Waals surface area contributed by atoms with Crippen molar-refractivity contribution >= 4 is 33.8 Å². The second kappa shape index (κ2) is 8.70. The molecule has 0 bridgehead atoms. The Hall–Kier alpha value is -2.84. The van der Waals surface area contributed by atoms with Crippen LogP contribution in [0.2, 0.25) is 0 Å². The molecule has 3 N–H and O–H groups in total. The molecule has 0 unspecified atom stereocenters. The third-order valence-electron chi connectivity index (χ3n) is 3.72. The molecule has 3 rings (SSSR count). The molecule has 1 aliphatic rings. The number of amides is 2. The number of carbonyl (C=O) groups is 2. The van der Waals surface area contributed by atoms with Crippen molar-refractivity contribution in [3.05, 3.63) is 63.8 Å². The summed E-state index contributed by atoms with van der Waals surface area (Å²) in [6.45, 7) is 0.00848. The maximum Gasteiger partial charge on any atom is 0.267 e. The molecule has 8 heteroatoms. The van der Waals surface area contributed by atoms with Gasteiger partial charge in [0.1, 0.15) is 5.70 Å². The Labute approximate surface area is 164 Å². The van der Waals surface area contributed by atoms with Gasteiger partial charge in [0.25, 0.3) is 11.8 Å². The summed E-state index contributed by atoms with van der Waals surface area (Å²) in [5.74, 6) is 0.238. The van der Waals surface area contributed by atoms with E-state index in [-0.39, 0.29) is 25.6 Å². The summed E-state index contributed by atoms with van der Waals surface area (Å²) in [5, 5.41) is 14.1. The molecular formula is C19H17BrN2O5. The highest BCUT2D eigenvalue weighted by atomic mass is 79.9. The molecule has 0 fully saturated rings. The zero-order valence-corrected chi connectivity index (χ0v) is 15.8. The van der Waals surface area contributed by atoms with Crippen LogP contribution in [0.15, 0.2) is 52.6 Å². The SMILES string of the molecule is O=C(NCCO)/C(=C/c1ccc2c(c1)OCO2)NC(=O)c1ccccc1Br. The van der Waals surface area contributed by atoms with Crippen LogP contribution in [0.25, 0.3) is 6.08 Å². The number of aliphatic hydroxyl groups is 1. The van der Waals surface area contributed by atoms with Crippen LogP contribution in [-0.2, 0) is 4.79 Å². The van der Waals surface area contributed by atoms with E-state index >= 15 is 0 Å². The smallest absolute Gasteiger partial charge is 0.267 e. The first-order valence-electron chi connectivity index (χ1n) is 8.15. The number of nitrogens with one attached hydrogen (secondary N) is 2. The minimum Gasteiger partial charge on any atom is -0.454 e. The van der Waals surface area contributed by atoms with Gasteiger partial charge in [-0.2, -0.15) is 0 Å². The Morgan fingerprint density at radius 1 is 1.15 bits per heavy atom. The third-order valence-corrected chi connectivity index (χ3v) is 4.41. The summed E-state index contributed by atoms with van der Waals surface area (Å²) in [4.78, 5) is 25.0. The number of fused-ring (bicyclic) bond motifs is 1. The quantitative estimate of drug-likeness (QED) is 0.607. The van der Waals surface area contributed by atoms with E-state index in [9.17, 15) is 9.59 Å². The first-order chi connectivity index (χ1) is 13.1. The van der Waals surface area contributed by atoms with Gasteiger partial charge < -0.3 is 25.2 Å². The lowest BCUT2D eigenvalue weighted by molar-refractivity contribution is -0.117.